The number of hydrogen-bond acceptors (Lipinski definition) is 10. The van der Waals surface area contributed by atoms with Crippen LogP contribution in [-0.4, -0.2) is 56.6 Å². The fourth-order valence-corrected chi connectivity index (χ4v) is 5.32. The summed E-state index contributed by atoms with van der Waals surface area (Å²) in [5.74, 6) is 1.08. The molecule has 11 heteroatoms. The fourth-order valence-electron chi connectivity index (χ4n) is 4.59. The fraction of sp³-hybridized carbons (Fsp3) is 0.476. The van der Waals surface area contributed by atoms with Crippen molar-refractivity contribution in [2.45, 2.75) is 37.8 Å². The van der Waals surface area contributed by atoms with Gasteiger partial charge in [-0.2, -0.15) is 0 Å². The second-order valence-electron chi connectivity index (χ2n) is 8.70. The van der Waals surface area contributed by atoms with Crippen LogP contribution in [-0.2, 0) is 28.1 Å². The first-order chi connectivity index (χ1) is 15.5. The zero-order valence-electron chi connectivity index (χ0n) is 17.7. The highest BCUT2D eigenvalue weighted by atomic mass is 32.1. The number of amides is 1. The maximum absolute atomic E-state index is 13.8. The lowest BCUT2D eigenvalue weighted by Crippen LogP contribution is -2.53. The number of hydrogen-bond donors (Lipinski definition) is 3. The summed E-state index contributed by atoms with van der Waals surface area (Å²) < 4.78 is 0. The van der Waals surface area contributed by atoms with Crippen LogP contribution in [0.2, 0.25) is 0 Å². The summed E-state index contributed by atoms with van der Waals surface area (Å²) >= 11 is 1.45. The van der Waals surface area contributed by atoms with E-state index in [9.17, 15) is 9.59 Å². The molecule has 1 saturated heterocycles. The molecule has 1 amide bonds. The van der Waals surface area contributed by atoms with Gasteiger partial charge in [-0.1, -0.05) is 0 Å². The van der Waals surface area contributed by atoms with Gasteiger partial charge in [-0.25, -0.2) is 15.0 Å². The van der Waals surface area contributed by atoms with Crippen LogP contribution < -0.4 is 16.8 Å². The maximum Gasteiger partial charge on any atom is 0.241 e. The van der Waals surface area contributed by atoms with Gasteiger partial charge in [-0.3, -0.25) is 14.5 Å². The number of allylic oxidation sites excluding steroid dienone is 1. The van der Waals surface area contributed by atoms with Crippen LogP contribution in [0.4, 0.5) is 11.1 Å². The van der Waals surface area contributed by atoms with Crippen molar-refractivity contribution >= 4 is 34.6 Å². The third-order valence-electron chi connectivity index (χ3n) is 6.45. The number of likely N-dealkylation sites (tertiary alicyclic amines) is 1. The quantitative estimate of drug-likeness (QED) is 0.409. The molecule has 0 aromatic carbocycles. The molecule has 1 aliphatic carbocycles. The molecule has 2 aliphatic heterocycles. The van der Waals surface area contributed by atoms with E-state index >= 15 is 0 Å². The van der Waals surface area contributed by atoms with E-state index < -0.39 is 5.41 Å². The Hall–Kier alpha value is -3.05. The lowest BCUT2D eigenvalue weighted by molar-refractivity contribution is -0.138. The largest absolute Gasteiger partial charge is 0.403 e. The number of aldehydes is 1. The Bertz CT molecular complexity index is 1080. The molecule has 2 aromatic heterocycles. The van der Waals surface area contributed by atoms with Gasteiger partial charge in [0.15, 0.2) is 11.4 Å². The second kappa shape index (κ2) is 8.14. The molecular weight excluding hydrogens is 428 g/mol. The number of nitrogen functional groups attached to an aromatic ring is 1. The molecule has 168 valence electrons. The Morgan fingerprint density at radius 1 is 1.34 bits per heavy atom. The Balaban J connectivity index is 1.49. The maximum atomic E-state index is 13.8. The van der Waals surface area contributed by atoms with E-state index in [-0.39, 0.29) is 18.1 Å². The van der Waals surface area contributed by atoms with Crippen LogP contribution >= 0.6 is 11.3 Å². The van der Waals surface area contributed by atoms with E-state index in [1.54, 1.807) is 12.4 Å². The summed E-state index contributed by atoms with van der Waals surface area (Å²) in [5.41, 5.74) is 12.3. The Morgan fingerprint density at radius 2 is 2.19 bits per heavy atom. The first kappa shape index (κ1) is 20.8. The van der Waals surface area contributed by atoms with E-state index in [0.29, 0.717) is 49.3 Å². The van der Waals surface area contributed by atoms with Crippen molar-refractivity contribution in [3.63, 3.8) is 0 Å². The minimum atomic E-state index is -0.861. The third kappa shape index (κ3) is 3.71. The average Bonchev–Trinajstić information content (AvgIpc) is 3.40. The molecule has 32 heavy (non-hydrogen) atoms. The molecule has 10 nitrogen and oxygen atoms in total. The van der Waals surface area contributed by atoms with Crippen LogP contribution in [0.1, 0.15) is 35.4 Å². The number of fused-ring (bicyclic) bond motifs is 2. The standard InChI is InChI=1S/C21H26N8O2S/c22-5-15(11-30)29-9-14-7-26-20(25-6-13-1-2-13)27-17(14)21(18(29)31)3-4-28(12-21)10-16-8-24-19(23)32-16/h5,7-8,11,13H,1-4,6,9-10,12,22H2,(H2,23,24)(H,25,26,27)/b15-5+. The average molecular weight is 455 g/mol. The topological polar surface area (TPSA) is 143 Å². The lowest BCUT2D eigenvalue weighted by atomic mass is 9.77. The summed E-state index contributed by atoms with van der Waals surface area (Å²) in [6.45, 7) is 2.93. The lowest BCUT2D eigenvalue weighted by Gasteiger charge is -2.39. The van der Waals surface area contributed by atoms with Crippen molar-refractivity contribution in [2.24, 2.45) is 11.7 Å². The van der Waals surface area contributed by atoms with Gasteiger partial charge in [0.25, 0.3) is 0 Å². The van der Waals surface area contributed by atoms with Gasteiger partial charge in [0.1, 0.15) is 5.41 Å². The summed E-state index contributed by atoms with van der Waals surface area (Å²) in [7, 11) is 0. The molecule has 2 aromatic rings. The molecule has 0 bridgehead atoms. The number of nitrogens with zero attached hydrogens (tertiary/aromatic N) is 5. The zero-order chi connectivity index (χ0) is 22.3. The number of aromatic nitrogens is 3. The van der Waals surface area contributed by atoms with Crippen LogP contribution in [0.15, 0.2) is 24.3 Å². The van der Waals surface area contributed by atoms with Gasteiger partial charge in [-0.05, 0) is 25.2 Å². The summed E-state index contributed by atoms with van der Waals surface area (Å²) in [4.78, 5) is 43.5. The first-order valence-corrected chi connectivity index (χ1v) is 11.6. The number of carbonyl (C=O) groups is 2. The molecule has 1 spiro atoms. The third-order valence-corrected chi connectivity index (χ3v) is 7.26. The number of rotatable bonds is 7. The van der Waals surface area contributed by atoms with Crippen molar-refractivity contribution in [1.29, 1.82) is 0 Å². The summed E-state index contributed by atoms with van der Waals surface area (Å²) in [6.07, 6.45) is 8.40. The van der Waals surface area contributed by atoms with Crippen LogP contribution in [0, 0.1) is 5.92 Å². The Kier molecular flexibility index (Phi) is 5.30. The Labute approximate surface area is 189 Å². The van der Waals surface area contributed by atoms with E-state index in [1.165, 1.54) is 35.3 Å². The number of thiazole rings is 1. The van der Waals surface area contributed by atoms with Crippen LogP contribution in [0.25, 0.3) is 0 Å². The monoisotopic (exact) mass is 454 g/mol. The van der Waals surface area contributed by atoms with Crippen LogP contribution in [0.5, 0.6) is 0 Å². The summed E-state index contributed by atoms with van der Waals surface area (Å²) in [5, 5.41) is 3.85. The molecule has 1 saturated carbocycles. The van der Waals surface area contributed by atoms with E-state index in [2.05, 4.69) is 20.2 Å². The highest BCUT2D eigenvalue weighted by Gasteiger charge is 2.53. The van der Waals surface area contributed by atoms with Gasteiger partial charge >= 0.3 is 0 Å². The van der Waals surface area contributed by atoms with Crippen molar-refractivity contribution in [3.05, 3.63) is 40.4 Å². The molecular formula is C21H26N8O2S. The predicted molar refractivity (Wildman–Crippen MR) is 120 cm³/mol. The zero-order valence-corrected chi connectivity index (χ0v) is 18.5. The Morgan fingerprint density at radius 3 is 2.88 bits per heavy atom. The van der Waals surface area contributed by atoms with E-state index in [0.717, 1.165) is 22.7 Å². The van der Waals surface area contributed by atoms with Crippen LogP contribution in [0.3, 0.4) is 0 Å². The SMILES string of the molecule is N/C=C(\C=O)N1Cc2cnc(NCC3CC3)nc2C2(CCN(Cc3cnc(N)s3)C2)C1=O. The second-order valence-corrected chi connectivity index (χ2v) is 9.85. The van der Waals surface area contributed by atoms with E-state index in [4.69, 9.17) is 16.5 Å². The molecule has 2 fully saturated rings. The van der Waals surface area contributed by atoms with Crippen molar-refractivity contribution in [3.8, 4) is 0 Å². The van der Waals surface area contributed by atoms with E-state index in [1.807, 2.05) is 0 Å². The van der Waals surface area contributed by atoms with Gasteiger partial charge in [0.05, 0.1) is 17.9 Å². The molecule has 1 atom stereocenters. The molecule has 3 aliphatic rings. The molecule has 4 heterocycles. The molecule has 1 unspecified atom stereocenters. The smallest absolute Gasteiger partial charge is 0.241 e. The van der Waals surface area contributed by atoms with Crippen molar-refractivity contribution in [1.82, 2.24) is 24.8 Å². The van der Waals surface area contributed by atoms with Gasteiger partial charge < -0.3 is 21.7 Å². The minimum absolute atomic E-state index is 0.146. The minimum Gasteiger partial charge on any atom is -0.403 e. The number of nitrogens with two attached hydrogens (primary N) is 2. The first-order valence-electron chi connectivity index (χ1n) is 10.7. The van der Waals surface area contributed by atoms with Crippen molar-refractivity contribution < 1.29 is 9.59 Å². The van der Waals surface area contributed by atoms with Crippen molar-refractivity contribution in [2.75, 3.05) is 30.7 Å². The number of nitrogens with one attached hydrogen (secondary N) is 1. The molecule has 5 rings (SSSR count). The number of anilines is 2. The highest BCUT2D eigenvalue weighted by molar-refractivity contribution is 7.15. The van der Waals surface area contributed by atoms with Gasteiger partial charge in [0.2, 0.25) is 11.9 Å². The molecule has 5 N–H and O–H groups in total. The summed E-state index contributed by atoms with van der Waals surface area (Å²) in [6, 6.07) is 0. The van der Waals surface area contributed by atoms with Gasteiger partial charge in [-0.15, -0.1) is 11.3 Å². The molecule has 0 radical (unpaired) electrons. The normalized spacial score (nSPS) is 23.6. The highest BCUT2D eigenvalue weighted by Crippen LogP contribution is 2.42. The van der Waals surface area contributed by atoms with Gasteiger partial charge in [0, 0.05) is 55.2 Å². The predicted octanol–water partition coefficient (Wildman–Crippen LogP) is 0.822. The number of carbonyl (C=O) groups excluding carboxylic acids is 2.